The summed E-state index contributed by atoms with van der Waals surface area (Å²) in [6.07, 6.45) is 42.2. The predicted octanol–water partition coefficient (Wildman–Crippen LogP) is 13.5. The van der Waals surface area contributed by atoms with Crippen molar-refractivity contribution in [1.29, 1.82) is 0 Å². The molecule has 0 saturated carbocycles. The molecule has 0 saturated heterocycles. The second-order valence-corrected chi connectivity index (χ2v) is 14.6. The highest BCUT2D eigenvalue weighted by atomic mass is 16.2. The van der Waals surface area contributed by atoms with E-state index in [0.29, 0.717) is 11.8 Å². The topological polar surface area (TPSA) is 40.6 Å². The van der Waals surface area contributed by atoms with E-state index in [0.717, 1.165) is 90.4 Å². The number of hydrogen-bond acceptors (Lipinski definition) is 2. The molecule has 0 spiro atoms. The van der Waals surface area contributed by atoms with Gasteiger partial charge in [-0.25, -0.2) is 0 Å². The molecule has 0 aliphatic carbocycles. The van der Waals surface area contributed by atoms with Crippen molar-refractivity contribution < 1.29 is 9.59 Å². The minimum absolute atomic E-state index is 0.394. The molecule has 2 amide bonds. The number of amides is 2. The Morgan fingerprint density at radius 3 is 0.917 bits per heavy atom. The second kappa shape index (κ2) is 38.2. The minimum atomic E-state index is 0.394. The van der Waals surface area contributed by atoms with Crippen molar-refractivity contribution in [2.45, 2.75) is 219 Å². The monoisotopic (exact) mass is 673 g/mol. The SMILES string of the molecule is C=CCCCCCCCCC(=O)N(CCCCCC)CCCCCCCCCCN(CCCCCC)C(=O)CCCCCCCCC=C. The molecule has 0 radical (unpaired) electrons. The normalized spacial score (nSPS) is 11.1. The average Bonchev–Trinajstić information content (AvgIpc) is 3.09. The molecule has 0 N–H and O–H groups in total. The van der Waals surface area contributed by atoms with Crippen LogP contribution in [0.2, 0.25) is 0 Å². The smallest absolute Gasteiger partial charge is 0.222 e. The van der Waals surface area contributed by atoms with Crippen LogP contribution in [-0.2, 0) is 9.59 Å². The molecular weight excluding hydrogens is 588 g/mol. The summed E-state index contributed by atoms with van der Waals surface area (Å²) in [6, 6.07) is 0. The zero-order valence-corrected chi connectivity index (χ0v) is 32.7. The third kappa shape index (κ3) is 31.7. The van der Waals surface area contributed by atoms with Crippen LogP contribution in [0.1, 0.15) is 219 Å². The lowest BCUT2D eigenvalue weighted by Gasteiger charge is -2.23. The van der Waals surface area contributed by atoms with Gasteiger partial charge in [0.1, 0.15) is 0 Å². The maximum atomic E-state index is 13.0. The number of carbonyl (C=O) groups is 2. The molecule has 0 aliphatic rings. The largest absolute Gasteiger partial charge is 0.343 e. The van der Waals surface area contributed by atoms with Crippen LogP contribution in [0.3, 0.4) is 0 Å². The van der Waals surface area contributed by atoms with Gasteiger partial charge in [0.25, 0.3) is 0 Å². The van der Waals surface area contributed by atoms with Gasteiger partial charge in [0, 0.05) is 39.0 Å². The molecule has 282 valence electrons. The molecule has 0 aromatic carbocycles. The zero-order chi connectivity index (χ0) is 35.2. The first-order valence-corrected chi connectivity index (χ1v) is 21.4. The van der Waals surface area contributed by atoms with Gasteiger partial charge in [-0.1, -0.05) is 154 Å². The maximum Gasteiger partial charge on any atom is 0.222 e. The Hall–Kier alpha value is -1.58. The highest BCUT2D eigenvalue weighted by Gasteiger charge is 2.14. The van der Waals surface area contributed by atoms with E-state index in [-0.39, 0.29) is 0 Å². The lowest BCUT2D eigenvalue weighted by atomic mass is 10.1. The lowest BCUT2D eigenvalue weighted by Crippen LogP contribution is -2.32. The Bertz CT molecular complexity index is 661. The van der Waals surface area contributed by atoms with Crippen LogP contribution in [-0.4, -0.2) is 47.8 Å². The summed E-state index contributed by atoms with van der Waals surface area (Å²) in [5.41, 5.74) is 0. The van der Waals surface area contributed by atoms with Crippen LogP contribution in [0.4, 0.5) is 0 Å². The number of unbranched alkanes of at least 4 members (excludes halogenated alkanes) is 25. The summed E-state index contributed by atoms with van der Waals surface area (Å²) < 4.78 is 0. The van der Waals surface area contributed by atoms with Gasteiger partial charge in [0.2, 0.25) is 11.8 Å². The molecule has 0 aromatic heterocycles. The van der Waals surface area contributed by atoms with Gasteiger partial charge in [-0.05, 0) is 64.2 Å². The van der Waals surface area contributed by atoms with E-state index in [1.807, 2.05) is 12.2 Å². The molecule has 0 atom stereocenters. The Morgan fingerprint density at radius 1 is 0.375 bits per heavy atom. The predicted molar refractivity (Wildman–Crippen MR) is 213 cm³/mol. The second-order valence-electron chi connectivity index (χ2n) is 14.6. The summed E-state index contributed by atoms with van der Waals surface area (Å²) in [7, 11) is 0. The van der Waals surface area contributed by atoms with Crippen molar-refractivity contribution >= 4 is 11.8 Å². The number of hydrogen-bond donors (Lipinski definition) is 0. The van der Waals surface area contributed by atoms with Crippen LogP contribution in [0.25, 0.3) is 0 Å². The van der Waals surface area contributed by atoms with E-state index in [4.69, 9.17) is 0 Å². The molecule has 0 rings (SSSR count). The Balaban J connectivity index is 4.20. The van der Waals surface area contributed by atoms with Gasteiger partial charge in [-0.2, -0.15) is 0 Å². The molecule has 48 heavy (non-hydrogen) atoms. The average molecular weight is 673 g/mol. The van der Waals surface area contributed by atoms with Crippen LogP contribution in [0.15, 0.2) is 25.3 Å². The molecule has 0 fully saturated rings. The van der Waals surface area contributed by atoms with Crippen molar-refractivity contribution in [3.8, 4) is 0 Å². The number of rotatable bonds is 39. The molecule has 0 aliphatic heterocycles. The van der Waals surface area contributed by atoms with Crippen LogP contribution >= 0.6 is 0 Å². The van der Waals surface area contributed by atoms with Gasteiger partial charge in [0.15, 0.2) is 0 Å². The molecule has 0 bridgehead atoms. The molecule has 4 heteroatoms. The summed E-state index contributed by atoms with van der Waals surface area (Å²) in [4.78, 5) is 30.5. The van der Waals surface area contributed by atoms with Crippen molar-refractivity contribution in [1.82, 2.24) is 9.80 Å². The molecule has 0 aromatic rings. The Morgan fingerprint density at radius 2 is 0.625 bits per heavy atom. The van der Waals surface area contributed by atoms with Gasteiger partial charge in [-0.15, -0.1) is 13.2 Å². The Kier molecular flexibility index (Phi) is 37.0. The fourth-order valence-electron chi connectivity index (χ4n) is 6.71. The summed E-state index contributed by atoms with van der Waals surface area (Å²) in [6.45, 7) is 15.9. The van der Waals surface area contributed by atoms with Crippen molar-refractivity contribution in [3.63, 3.8) is 0 Å². The highest BCUT2D eigenvalue weighted by Crippen LogP contribution is 2.15. The Labute approximate surface area is 301 Å². The highest BCUT2D eigenvalue weighted by molar-refractivity contribution is 5.76. The quantitative estimate of drug-likeness (QED) is 0.0481. The minimum Gasteiger partial charge on any atom is -0.343 e. The molecule has 0 unspecified atom stereocenters. The van der Waals surface area contributed by atoms with E-state index in [2.05, 4.69) is 36.8 Å². The molecule has 4 nitrogen and oxygen atoms in total. The summed E-state index contributed by atoms with van der Waals surface area (Å²) >= 11 is 0. The van der Waals surface area contributed by atoms with E-state index in [1.54, 1.807) is 0 Å². The molecule has 0 heterocycles. The maximum absolute atomic E-state index is 13.0. The lowest BCUT2D eigenvalue weighted by molar-refractivity contribution is -0.132. The van der Waals surface area contributed by atoms with E-state index in [9.17, 15) is 9.59 Å². The zero-order valence-electron chi connectivity index (χ0n) is 32.7. The van der Waals surface area contributed by atoms with E-state index < -0.39 is 0 Å². The standard InChI is InChI=1S/C44H84N2O2/c1-5-9-13-17-19-23-27-31-37-43(47)45(39-33-15-11-7-3)41-35-29-25-21-22-26-30-36-42-46(40-34-16-12-8-4)44(48)38-32-28-24-20-18-14-10-6-2/h5-6H,1-2,7-42H2,3-4H3. The van der Waals surface area contributed by atoms with Crippen molar-refractivity contribution in [2.75, 3.05) is 26.2 Å². The number of allylic oxidation sites excluding steroid dienone is 2. The fourth-order valence-corrected chi connectivity index (χ4v) is 6.71. The number of nitrogens with zero attached hydrogens (tertiary/aromatic N) is 2. The third-order valence-corrected chi connectivity index (χ3v) is 9.97. The van der Waals surface area contributed by atoms with E-state index >= 15 is 0 Å². The first kappa shape index (κ1) is 46.4. The first-order chi connectivity index (χ1) is 23.6. The summed E-state index contributed by atoms with van der Waals surface area (Å²) in [5, 5.41) is 0. The number of carbonyl (C=O) groups excluding carboxylic acids is 2. The van der Waals surface area contributed by atoms with Crippen LogP contribution in [0.5, 0.6) is 0 Å². The van der Waals surface area contributed by atoms with Crippen LogP contribution < -0.4 is 0 Å². The van der Waals surface area contributed by atoms with Crippen molar-refractivity contribution in [3.05, 3.63) is 25.3 Å². The van der Waals surface area contributed by atoms with Crippen LogP contribution in [0, 0.1) is 0 Å². The van der Waals surface area contributed by atoms with Gasteiger partial charge in [-0.3, -0.25) is 9.59 Å². The van der Waals surface area contributed by atoms with Gasteiger partial charge >= 0.3 is 0 Å². The third-order valence-electron chi connectivity index (χ3n) is 9.97. The molecular formula is C44H84N2O2. The first-order valence-electron chi connectivity index (χ1n) is 21.4. The summed E-state index contributed by atoms with van der Waals surface area (Å²) in [5.74, 6) is 0.789. The van der Waals surface area contributed by atoms with Gasteiger partial charge in [0.05, 0.1) is 0 Å². The van der Waals surface area contributed by atoms with E-state index in [1.165, 1.54) is 141 Å². The van der Waals surface area contributed by atoms with Crippen molar-refractivity contribution in [2.24, 2.45) is 0 Å². The fraction of sp³-hybridized carbons (Fsp3) is 0.864. The van der Waals surface area contributed by atoms with Gasteiger partial charge < -0.3 is 9.80 Å².